The standard InChI is InChI=1S/C19H18N2O/c1-14-6-4-5-7-18(14)19(22)16(13-20)12-15-8-10-17(11-9-15)21(2)3/h4-12H,1-3H3/b16-12+. The normalized spacial score (nSPS) is 10.9. The van der Waals surface area contributed by atoms with Gasteiger partial charge in [0.05, 0.1) is 0 Å². The molecule has 0 aromatic heterocycles. The molecule has 0 amide bonds. The molecule has 0 unspecified atom stereocenters. The van der Waals surface area contributed by atoms with Crippen molar-refractivity contribution < 1.29 is 4.79 Å². The molecule has 0 saturated heterocycles. The molecule has 0 fully saturated rings. The third-order valence-electron chi connectivity index (χ3n) is 3.48. The minimum atomic E-state index is -0.239. The first-order chi connectivity index (χ1) is 10.5. The van der Waals surface area contributed by atoms with E-state index in [0.717, 1.165) is 16.8 Å². The summed E-state index contributed by atoms with van der Waals surface area (Å²) in [5.41, 5.74) is 3.49. The van der Waals surface area contributed by atoms with E-state index in [1.165, 1.54) is 0 Å². The number of rotatable bonds is 4. The number of allylic oxidation sites excluding steroid dienone is 1. The van der Waals surface area contributed by atoms with Crippen LogP contribution in [-0.2, 0) is 0 Å². The lowest BCUT2D eigenvalue weighted by Gasteiger charge is -2.11. The van der Waals surface area contributed by atoms with Gasteiger partial charge in [-0.15, -0.1) is 0 Å². The molecule has 0 aliphatic carbocycles. The molecular formula is C19H18N2O. The summed E-state index contributed by atoms with van der Waals surface area (Å²) in [5.74, 6) is -0.239. The Kier molecular flexibility index (Phi) is 4.75. The number of carbonyl (C=O) groups is 1. The molecule has 0 bridgehead atoms. The SMILES string of the molecule is Cc1ccccc1C(=O)/C(C#N)=C/c1ccc(N(C)C)cc1. The summed E-state index contributed by atoms with van der Waals surface area (Å²) in [6.45, 7) is 1.87. The lowest BCUT2D eigenvalue weighted by molar-refractivity contribution is 0.103. The van der Waals surface area contributed by atoms with Gasteiger partial charge >= 0.3 is 0 Å². The quantitative estimate of drug-likeness (QED) is 0.488. The van der Waals surface area contributed by atoms with Gasteiger partial charge < -0.3 is 4.90 Å². The fourth-order valence-corrected chi connectivity index (χ4v) is 2.16. The Morgan fingerprint density at radius 2 is 1.73 bits per heavy atom. The molecule has 0 N–H and O–H groups in total. The molecule has 3 heteroatoms. The second kappa shape index (κ2) is 6.73. The van der Waals surface area contributed by atoms with Crippen LogP contribution in [0.2, 0.25) is 0 Å². The highest BCUT2D eigenvalue weighted by atomic mass is 16.1. The zero-order valence-electron chi connectivity index (χ0n) is 13.0. The van der Waals surface area contributed by atoms with Crippen LogP contribution >= 0.6 is 0 Å². The summed E-state index contributed by atoms with van der Waals surface area (Å²) < 4.78 is 0. The van der Waals surface area contributed by atoms with E-state index in [2.05, 4.69) is 0 Å². The van der Waals surface area contributed by atoms with Crippen LogP contribution in [0.3, 0.4) is 0 Å². The number of benzene rings is 2. The largest absolute Gasteiger partial charge is 0.378 e. The van der Waals surface area contributed by atoms with Crippen molar-refractivity contribution in [3.8, 4) is 6.07 Å². The fourth-order valence-electron chi connectivity index (χ4n) is 2.16. The molecule has 0 atom stereocenters. The maximum absolute atomic E-state index is 12.5. The van der Waals surface area contributed by atoms with E-state index in [1.54, 1.807) is 18.2 Å². The maximum Gasteiger partial charge on any atom is 0.203 e. The minimum absolute atomic E-state index is 0.145. The van der Waals surface area contributed by atoms with Crippen molar-refractivity contribution in [2.24, 2.45) is 0 Å². The van der Waals surface area contributed by atoms with Gasteiger partial charge in [0.25, 0.3) is 0 Å². The van der Waals surface area contributed by atoms with Gasteiger partial charge in [-0.05, 0) is 36.3 Å². The van der Waals surface area contributed by atoms with Gasteiger partial charge in [-0.25, -0.2) is 0 Å². The summed E-state index contributed by atoms with van der Waals surface area (Å²) in [4.78, 5) is 14.5. The van der Waals surface area contributed by atoms with Crippen LogP contribution in [-0.4, -0.2) is 19.9 Å². The molecule has 0 aliphatic rings. The molecule has 2 rings (SSSR count). The van der Waals surface area contributed by atoms with E-state index in [9.17, 15) is 10.1 Å². The molecule has 2 aromatic rings. The highest BCUT2D eigenvalue weighted by molar-refractivity contribution is 6.14. The van der Waals surface area contributed by atoms with E-state index >= 15 is 0 Å². The fraction of sp³-hybridized carbons (Fsp3) is 0.158. The molecule has 3 nitrogen and oxygen atoms in total. The van der Waals surface area contributed by atoms with Gasteiger partial charge in [0.15, 0.2) is 0 Å². The van der Waals surface area contributed by atoms with E-state index in [-0.39, 0.29) is 11.4 Å². The summed E-state index contributed by atoms with van der Waals surface area (Å²) >= 11 is 0. The summed E-state index contributed by atoms with van der Waals surface area (Å²) in [7, 11) is 3.93. The third-order valence-corrected chi connectivity index (χ3v) is 3.48. The number of anilines is 1. The summed E-state index contributed by atoms with van der Waals surface area (Å²) in [6.07, 6.45) is 1.63. The Labute approximate surface area is 131 Å². The van der Waals surface area contributed by atoms with E-state index in [4.69, 9.17) is 0 Å². The van der Waals surface area contributed by atoms with Crippen molar-refractivity contribution in [2.45, 2.75) is 6.92 Å². The van der Waals surface area contributed by atoms with Crippen molar-refractivity contribution in [2.75, 3.05) is 19.0 Å². The number of hydrogen-bond donors (Lipinski definition) is 0. The zero-order chi connectivity index (χ0) is 16.1. The summed E-state index contributed by atoms with van der Waals surface area (Å²) in [6, 6.07) is 17.0. The van der Waals surface area contributed by atoms with Crippen LogP contribution in [0.15, 0.2) is 54.1 Å². The minimum Gasteiger partial charge on any atom is -0.378 e. The molecule has 0 radical (unpaired) electrons. The Hall–Kier alpha value is -2.86. The van der Waals surface area contributed by atoms with Gasteiger partial charge in [0.1, 0.15) is 11.6 Å². The topological polar surface area (TPSA) is 44.1 Å². The smallest absolute Gasteiger partial charge is 0.203 e. The van der Waals surface area contributed by atoms with Crippen LogP contribution in [0.1, 0.15) is 21.5 Å². The average Bonchev–Trinajstić information content (AvgIpc) is 2.53. The molecule has 0 spiro atoms. The lowest BCUT2D eigenvalue weighted by Crippen LogP contribution is -2.08. The van der Waals surface area contributed by atoms with Crippen LogP contribution in [0.4, 0.5) is 5.69 Å². The van der Waals surface area contributed by atoms with Crippen LogP contribution in [0.25, 0.3) is 6.08 Å². The molecule has 0 saturated carbocycles. The van der Waals surface area contributed by atoms with Crippen molar-refractivity contribution >= 4 is 17.5 Å². The van der Waals surface area contributed by atoms with Crippen LogP contribution in [0.5, 0.6) is 0 Å². The second-order valence-electron chi connectivity index (χ2n) is 5.30. The number of aryl methyl sites for hydroxylation is 1. The van der Waals surface area contributed by atoms with Crippen molar-refractivity contribution in [1.29, 1.82) is 5.26 Å². The first kappa shape index (κ1) is 15.5. The summed E-state index contributed by atoms with van der Waals surface area (Å²) in [5, 5.41) is 9.31. The van der Waals surface area contributed by atoms with Gasteiger partial charge in [0, 0.05) is 25.3 Å². The Morgan fingerprint density at radius 3 is 2.27 bits per heavy atom. The maximum atomic E-state index is 12.5. The first-order valence-electron chi connectivity index (χ1n) is 7.02. The number of nitriles is 1. The van der Waals surface area contributed by atoms with Crippen molar-refractivity contribution in [1.82, 2.24) is 0 Å². The number of hydrogen-bond acceptors (Lipinski definition) is 3. The van der Waals surface area contributed by atoms with Gasteiger partial charge in [0.2, 0.25) is 5.78 Å². The molecule has 0 aliphatic heterocycles. The van der Waals surface area contributed by atoms with Gasteiger partial charge in [-0.3, -0.25) is 4.79 Å². The molecule has 0 heterocycles. The molecule has 110 valence electrons. The van der Waals surface area contributed by atoms with E-state index in [1.807, 2.05) is 68.4 Å². The third kappa shape index (κ3) is 3.42. The first-order valence-corrected chi connectivity index (χ1v) is 7.02. The predicted molar refractivity (Wildman–Crippen MR) is 89.9 cm³/mol. The number of Topliss-reactive ketones (excluding diaryl/α,β-unsaturated/α-hetero) is 1. The highest BCUT2D eigenvalue weighted by Crippen LogP contribution is 2.18. The Bertz CT molecular complexity index is 750. The van der Waals surface area contributed by atoms with Crippen LogP contribution < -0.4 is 4.90 Å². The lowest BCUT2D eigenvalue weighted by atomic mass is 9.98. The molecule has 22 heavy (non-hydrogen) atoms. The Morgan fingerprint density at radius 1 is 1.09 bits per heavy atom. The monoisotopic (exact) mass is 290 g/mol. The van der Waals surface area contributed by atoms with E-state index in [0.29, 0.717) is 5.56 Å². The molecular weight excluding hydrogens is 272 g/mol. The number of ketones is 1. The zero-order valence-corrected chi connectivity index (χ0v) is 13.0. The number of carbonyl (C=O) groups excluding carboxylic acids is 1. The van der Waals surface area contributed by atoms with E-state index < -0.39 is 0 Å². The van der Waals surface area contributed by atoms with Gasteiger partial charge in [-0.2, -0.15) is 5.26 Å². The highest BCUT2D eigenvalue weighted by Gasteiger charge is 2.13. The number of nitrogens with zero attached hydrogens (tertiary/aromatic N) is 2. The average molecular weight is 290 g/mol. The predicted octanol–water partition coefficient (Wildman–Crippen LogP) is 3.85. The van der Waals surface area contributed by atoms with Crippen molar-refractivity contribution in [3.05, 3.63) is 70.8 Å². The second-order valence-corrected chi connectivity index (χ2v) is 5.30. The van der Waals surface area contributed by atoms with Crippen LogP contribution in [0, 0.1) is 18.3 Å². The van der Waals surface area contributed by atoms with Crippen molar-refractivity contribution in [3.63, 3.8) is 0 Å². The van der Waals surface area contributed by atoms with Gasteiger partial charge in [-0.1, -0.05) is 36.4 Å². The molecule has 2 aromatic carbocycles. The Balaban J connectivity index is 2.34.